The van der Waals surface area contributed by atoms with Crippen molar-refractivity contribution in [3.8, 4) is 11.6 Å². The fourth-order valence-electron chi connectivity index (χ4n) is 3.51. The molecule has 0 spiro atoms. The molecule has 3 aromatic rings. The number of guanidine groups is 1. The first-order valence-electron chi connectivity index (χ1n) is 10.2. The van der Waals surface area contributed by atoms with E-state index in [-0.39, 0.29) is 0 Å². The average Bonchev–Trinajstić information content (AvgIpc) is 3.47. The molecule has 2 N–H and O–H groups in total. The number of nitrogens with zero attached hydrogens (tertiary/aromatic N) is 5. The number of aliphatic imine (C=N–C) groups is 1. The first kappa shape index (κ1) is 20.5. The molecule has 0 amide bonds. The summed E-state index contributed by atoms with van der Waals surface area (Å²) in [7, 11) is 1.80. The van der Waals surface area contributed by atoms with Gasteiger partial charge in [0, 0.05) is 51.9 Å². The molecule has 0 aliphatic carbocycles. The number of aromatic nitrogens is 3. The van der Waals surface area contributed by atoms with Crippen molar-refractivity contribution in [1.29, 1.82) is 0 Å². The van der Waals surface area contributed by atoms with E-state index < -0.39 is 0 Å². The molecule has 1 aliphatic heterocycles. The Morgan fingerprint density at radius 2 is 2.20 bits per heavy atom. The van der Waals surface area contributed by atoms with Crippen molar-refractivity contribution in [2.45, 2.75) is 31.8 Å². The Hall–Kier alpha value is -2.78. The monoisotopic (exact) mass is 425 g/mol. The minimum absolute atomic E-state index is 0.441. The van der Waals surface area contributed by atoms with Crippen LogP contribution in [0.2, 0.25) is 0 Å². The highest BCUT2D eigenvalue weighted by Crippen LogP contribution is 2.16. The van der Waals surface area contributed by atoms with Gasteiger partial charge in [0.2, 0.25) is 0 Å². The van der Waals surface area contributed by atoms with E-state index in [1.165, 1.54) is 5.56 Å². The molecule has 3 aromatic heterocycles. The van der Waals surface area contributed by atoms with Gasteiger partial charge in [0.1, 0.15) is 5.69 Å². The van der Waals surface area contributed by atoms with Crippen LogP contribution in [0.1, 0.15) is 24.2 Å². The van der Waals surface area contributed by atoms with Crippen molar-refractivity contribution in [2.24, 2.45) is 4.99 Å². The van der Waals surface area contributed by atoms with Crippen LogP contribution in [0.3, 0.4) is 0 Å². The van der Waals surface area contributed by atoms with Gasteiger partial charge in [0.25, 0.3) is 5.89 Å². The standard InChI is InChI=1S/C21H27N7OS/c1-22-21(25-17-6-11-28(12-7-17)14-16-8-13-30-15-16)24-10-5-19-26-20(29-27-19)18-4-2-3-9-23-18/h2-4,8-9,13,15,17H,5-7,10-12,14H2,1H3,(H2,22,24,25). The lowest BCUT2D eigenvalue weighted by Gasteiger charge is -2.32. The second-order valence-corrected chi connectivity index (χ2v) is 8.09. The predicted molar refractivity (Wildman–Crippen MR) is 118 cm³/mol. The molecular weight excluding hydrogens is 398 g/mol. The van der Waals surface area contributed by atoms with E-state index in [9.17, 15) is 0 Å². The summed E-state index contributed by atoms with van der Waals surface area (Å²) in [6.45, 7) is 3.93. The number of pyridine rings is 1. The minimum Gasteiger partial charge on any atom is -0.356 e. The Labute approximate surface area is 180 Å². The molecule has 0 radical (unpaired) electrons. The van der Waals surface area contributed by atoms with Crippen molar-refractivity contribution in [3.63, 3.8) is 0 Å². The van der Waals surface area contributed by atoms with Gasteiger partial charge in [-0.1, -0.05) is 11.2 Å². The molecule has 8 nitrogen and oxygen atoms in total. The van der Waals surface area contributed by atoms with Crippen LogP contribution in [0.15, 0.2) is 50.7 Å². The first-order valence-corrected chi connectivity index (χ1v) is 11.2. The van der Waals surface area contributed by atoms with Crippen molar-refractivity contribution in [2.75, 3.05) is 26.7 Å². The molecule has 0 unspecified atom stereocenters. The van der Waals surface area contributed by atoms with Crippen LogP contribution in [-0.2, 0) is 13.0 Å². The summed E-state index contributed by atoms with van der Waals surface area (Å²) >= 11 is 1.77. The topological polar surface area (TPSA) is 91.5 Å². The molecule has 0 atom stereocenters. The molecule has 0 bridgehead atoms. The highest BCUT2D eigenvalue weighted by atomic mass is 32.1. The summed E-state index contributed by atoms with van der Waals surface area (Å²) in [6, 6.07) is 8.26. The Morgan fingerprint density at radius 1 is 1.30 bits per heavy atom. The van der Waals surface area contributed by atoms with Crippen LogP contribution in [0.4, 0.5) is 0 Å². The second kappa shape index (κ2) is 10.3. The zero-order valence-electron chi connectivity index (χ0n) is 17.1. The van der Waals surface area contributed by atoms with Gasteiger partial charge in [0.15, 0.2) is 11.8 Å². The van der Waals surface area contributed by atoms with Gasteiger partial charge in [0.05, 0.1) is 0 Å². The molecule has 1 saturated heterocycles. The number of piperidine rings is 1. The van der Waals surface area contributed by atoms with Crippen molar-refractivity contribution in [1.82, 2.24) is 30.7 Å². The van der Waals surface area contributed by atoms with E-state index in [1.54, 1.807) is 24.6 Å². The SMILES string of the molecule is CN=C(NCCc1noc(-c2ccccn2)n1)NC1CCN(Cc2ccsc2)CC1. The summed E-state index contributed by atoms with van der Waals surface area (Å²) in [5.41, 5.74) is 2.10. The Bertz CT molecular complexity index is 918. The van der Waals surface area contributed by atoms with Gasteiger partial charge >= 0.3 is 0 Å². The maximum Gasteiger partial charge on any atom is 0.276 e. The van der Waals surface area contributed by atoms with Gasteiger partial charge in [-0.3, -0.25) is 14.9 Å². The quantitative estimate of drug-likeness (QED) is 0.444. The number of nitrogens with one attached hydrogen (secondary N) is 2. The molecule has 4 rings (SSSR count). The molecule has 30 heavy (non-hydrogen) atoms. The number of rotatable bonds is 7. The average molecular weight is 426 g/mol. The number of thiophene rings is 1. The molecular formula is C21H27N7OS. The fraction of sp³-hybridized carbons (Fsp3) is 0.429. The van der Waals surface area contributed by atoms with Crippen molar-refractivity contribution < 1.29 is 4.52 Å². The largest absolute Gasteiger partial charge is 0.356 e. The lowest BCUT2D eigenvalue weighted by atomic mass is 10.0. The summed E-state index contributed by atoms with van der Waals surface area (Å²) in [5, 5.41) is 15.3. The van der Waals surface area contributed by atoms with E-state index in [1.807, 2.05) is 18.2 Å². The molecule has 1 fully saturated rings. The van der Waals surface area contributed by atoms with E-state index >= 15 is 0 Å². The maximum absolute atomic E-state index is 5.30. The highest BCUT2D eigenvalue weighted by Gasteiger charge is 2.20. The lowest BCUT2D eigenvalue weighted by Crippen LogP contribution is -2.48. The first-order chi connectivity index (χ1) is 14.8. The Balaban J connectivity index is 1.18. The predicted octanol–water partition coefficient (Wildman–Crippen LogP) is 2.57. The molecule has 158 valence electrons. The van der Waals surface area contributed by atoms with Gasteiger partial charge in [-0.15, -0.1) is 0 Å². The van der Waals surface area contributed by atoms with Crippen molar-refractivity contribution >= 4 is 17.3 Å². The zero-order chi connectivity index (χ0) is 20.6. The van der Waals surface area contributed by atoms with Crippen molar-refractivity contribution in [3.05, 3.63) is 52.6 Å². The number of likely N-dealkylation sites (tertiary alicyclic amines) is 1. The third-order valence-corrected chi connectivity index (χ3v) is 5.86. The van der Waals surface area contributed by atoms with E-state index in [0.29, 0.717) is 36.4 Å². The van der Waals surface area contributed by atoms with Crippen LogP contribution in [0, 0.1) is 0 Å². The lowest BCUT2D eigenvalue weighted by molar-refractivity contribution is 0.198. The Kier molecular flexibility index (Phi) is 7.04. The maximum atomic E-state index is 5.30. The van der Waals surface area contributed by atoms with Crippen LogP contribution in [-0.4, -0.2) is 58.7 Å². The molecule has 4 heterocycles. The molecule has 1 aliphatic rings. The van der Waals surface area contributed by atoms with E-state index in [4.69, 9.17) is 4.52 Å². The highest BCUT2D eigenvalue weighted by molar-refractivity contribution is 7.07. The summed E-state index contributed by atoms with van der Waals surface area (Å²) in [4.78, 5) is 15.5. The summed E-state index contributed by atoms with van der Waals surface area (Å²) in [6.07, 6.45) is 4.59. The smallest absolute Gasteiger partial charge is 0.276 e. The van der Waals surface area contributed by atoms with Crippen LogP contribution < -0.4 is 10.6 Å². The Morgan fingerprint density at radius 3 is 2.93 bits per heavy atom. The van der Waals surface area contributed by atoms with Gasteiger partial charge in [-0.05, 0) is 47.4 Å². The normalized spacial score (nSPS) is 16.0. The fourth-order valence-corrected chi connectivity index (χ4v) is 4.17. The van der Waals surface area contributed by atoms with E-state index in [2.05, 4.69) is 52.5 Å². The summed E-state index contributed by atoms with van der Waals surface area (Å²) < 4.78 is 5.30. The third-order valence-electron chi connectivity index (χ3n) is 5.13. The van der Waals surface area contributed by atoms with E-state index in [0.717, 1.165) is 38.4 Å². The van der Waals surface area contributed by atoms with Crippen LogP contribution >= 0.6 is 11.3 Å². The summed E-state index contributed by atoms with van der Waals surface area (Å²) in [5.74, 6) is 1.92. The van der Waals surface area contributed by atoms with Crippen LogP contribution in [0.25, 0.3) is 11.6 Å². The second-order valence-electron chi connectivity index (χ2n) is 7.31. The molecule has 9 heteroatoms. The minimum atomic E-state index is 0.441. The van der Waals surface area contributed by atoms with Gasteiger partial charge in [-0.2, -0.15) is 16.3 Å². The zero-order valence-corrected chi connectivity index (χ0v) is 17.9. The number of hydrogen-bond donors (Lipinski definition) is 2. The molecule has 0 aromatic carbocycles. The van der Waals surface area contributed by atoms with Gasteiger partial charge in [-0.25, -0.2) is 0 Å². The molecule has 0 saturated carbocycles. The third kappa shape index (κ3) is 5.64. The number of hydrogen-bond acceptors (Lipinski definition) is 7. The van der Waals surface area contributed by atoms with Gasteiger partial charge < -0.3 is 15.2 Å². The van der Waals surface area contributed by atoms with Crippen LogP contribution in [0.5, 0.6) is 0 Å².